The highest BCUT2D eigenvalue weighted by Gasteiger charge is 2.26. The second-order valence-corrected chi connectivity index (χ2v) is 32.4. The average Bonchev–Trinajstić information content (AvgIpc) is 0.742. The second kappa shape index (κ2) is 36.5. The standard InChI is InChI=1S/C29H38N.3C25H30N/c1-20(2)14-24-16-28(30(8)19-25(24)18-29(5,6)7)27-17-26(21(3)15-22(27)4)23-12-10-9-11-13-23;2*1-17(2)12-22-16-26(6)25(14-18(22)3)24-15-23(19(4)13-20(24)5)21-10-8-7-9-11-21;1-17(2)12-22-14-25(26(6)16-20(22)5)24-15-23(18(3)13-19(24)4)21-10-8-7-9-11-21/h9-13,15-17,19-20H,14,18H2,1-8H3;3*7-11,13-17H,12H2,1-6H3/q4*+1/i3D3,14D2,18D2;4D3,12D2;;. The van der Waals surface area contributed by atoms with Gasteiger partial charge in [0.25, 0.3) is 0 Å². The molecule has 12 rings (SSSR count). The van der Waals surface area contributed by atoms with Gasteiger partial charge in [0.2, 0.25) is 22.8 Å². The van der Waals surface area contributed by atoms with Crippen LogP contribution in [0.5, 0.6) is 0 Å². The van der Waals surface area contributed by atoms with Crippen molar-refractivity contribution in [2.75, 3.05) is 0 Å². The number of aryl methyl sites for hydroxylation is 15. The molecule has 12 aromatic rings. The van der Waals surface area contributed by atoms with Crippen molar-refractivity contribution < 1.29 is 34.7 Å². The Bertz CT molecular complexity index is 5620. The van der Waals surface area contributed by atoms with Crippen molar-refractivity contribution in [3.05, 3.63) is 308 Å². The normalized spacial score (nSPS) is 13.7. The predicted molar refractivity (Wildman–Crippen MR) is 463 cm³/mol. The maximum Gasteiger partial charge on any atom is 0.212 e. The molecule has 4 heterocycles. The third-order valence-electron chi connectivity index (χ3n) is 19.9. The van der Waals surface area contributed by atoms with E-state index in [1.807, 2.05) is 164 Å². The van der Waals surface area contributed by atoms with Gasteiger partial charge in [-0.15, -0.1) is 0 Å². The number of aromatic nitrogens is 4. The van der Waals surface area contributed by atoms with Crippen molar-refractivity contribution in [1.29, 1.82) is 0 Å². The molecule has 0 spiro atoms. The maximum absolute atomic E-state index is 8.96. The predicted octanol–water partition coefficient (Wildman–Crippen LogP) is 25.2. The van der Waals surface area contributed by atoms with Gasteiger partial charge in [-0.1, -0.05) is 222 Å². The quantitative estimate of drug-likeness (QED) is 0.0808. The molecule has 8 aromatic carbocycles. The summed E-state index contributed by atoms with van der Waals surface area (Å²) in [5.41, 5.74) is 31.3. The first kappa shape index (κ1) is 66.6. The molecule has 0 fully saturated rings. The molecule has 560 valence electrons. The van der Waals surface area contributed by atoms with E-state index in [0.29, 0.717) is 50.9 Å². The highest BCUT2D eigenvalue weighted by atomic mass is 14.9. The zero-order chi connectivity index (χ0) is 89.0. The summed E-state index contributed by atoms with van der Waals surface area (Å²) in [5, 5.41) is 0. The highest BCUT2D eigenvalue weighted by Crippen LogP contribution is 2.38. The summed E-state index contributed by atoms with van der Waals surface area (Å²) in [6.07, 6.45) is 5.38. The summed E-state index contributed by atoms with van der Waals surface area (Å²) in [7, 11) is 8.06. The fourth-order valence-electron chi connectivity index (χ4n) is 14.6. The molecule has 0 aliphatic rings. The van der Waals surface area contributed by atoms with Gasteiger partial charge in [-0.2, -0.15) is 0 Å². The molecule has 0 aliphatic carbocycles. The molecule has 108 heavy (non-hydrogen) atoms. The number of nitrogens with zero attached hydrogens (tertiary/aromatic N) is 4. The number of hydrogen-bond donors (Lipinski definition) is 0. The summed E-state index contributed by atoms with van der Waals surface area (Å²) < 4.78 is 110. The number of benzene rings is 8. The summed E-state index contributed by atoms with van der Waals surface area (Å²) in [6.45, 7) is 36.5. The van der Waals surface area contributed by atoms with Gasteiger partial charge in [0, 0.05) is 85.2 Å². The lowest BCUT2D eigenvalue weighted by Gasteiger charge is -2.21. The zero-order valence-electron chi connectivity index (χ0n) is 81.3. The Morgan fingerprint density at radius 2 is 0.556 bits per heavy atom. The second-order valence-electron chi connectivity index (χ2n) is 32.4. The van der Waals surface area contributed by atoms with Crippen molar-refractivity contribution in [2.24, 2.45) is 57.3 Å². The van der Waals surface area contributed by atoms with Crippen LogP contribution < -0.4 is 18.3 Å². The molecular formula is C104H128N4+4. The van der Waals surface area contributed by atoms with Gasteiger partial charge < -0.3 is 0 Å². The summed E-state index contributed by atoms with van der Waals surface area (Å²) in [4.78, 5) is 0. The average molecular weight is 1450 g/mol. The van der Waals surface area contributed by atoms with Crippen molar-refractivity contribution in [3.63, 3.8) is 0 Å². The van der Waals surface area contributed by atoms with Crippen molar-refractivity contribution >= 4 is 0 Å². The Morgan fingerprint density at radius 3 is 0.898 bits per heavy atom. The number of rotatable bonds is 17. The molecule has 0 radical (unpaired) electrons. The van der Waals surface area contributed by atoms with E-state index >= 15 is 0 Å². The van der Waals surface area contributed by atoms with Crippen molar-refractivity contribution in [2.45, 2.75) is 184 Å². The van der Waals surface area contributed by atoms with Gasteiger partial charge >= 0.3 is 0 Å². The molecule has 4 nitrogen and oxygen atoms in total. The van der Waals surface area contributed by atoms with E-state index in [-0.39, 0.29) is 17.4 Å². The Balaban J connectivity index is 0.000000184. The molecule has 0 bridgehead atoms. The summed E-state index contributed by atoms with van der Waals surface area (Å²) in [5.74, 6) is 0.794. The van der Waals surface area contributed by atoms with Crippen molar-refractivity contribution in [1.82, 2.24) is 0 Å². The van der Waals surface area contributed by atoms with Crippen LogP contribution in [0.1, 0.15) is 182 Å². The third-order valence-corrected chi connectivity index (χ3v) is 19.9. The maximum atomic E-state index is 8.96. The lowest BCUT2D eigenvalue weighted by Crippen LogP contribution is -2.33. The minimum atomic E-state index is -2.30. The van der Waals surface area contributed by atoms with Crippen LogP contribution in [0.25, 0.3) is 89.5 Å². The van der Waals surface area contributed by atoms with Crippen LogP contribution in [0.2, 0.25) is 0 Å². The SMILES string of the molecule is Cc1c[n+](C)c(-c2cc(-c3ccccc3)c(C)cc2C)cc1CC(C)C.Cc1cc(-c2cc(-c3ccccc3)c(C)cc2C)[n+](C)cc1CC(C)C.[2H]C([2H])([2H])c1cc(C)c(-c2cc(C([2H])([2H])C(C)C)c(C([2H])([2H])C(C)(C)C)c[n+]2C)cc1-c1ccccc1.[2H]C([2H])([2H])c1cc(C)c(-c2cc(C)c(C([2H])([2H])C(C)C)c[n+]2C)cc1-c1ccccc1. The van der Waals surface area contributed by atoms with E-state index in [2.05, 4.69) is 202 Å². The van der Waals surface area contributed by atoms with Crippen molar-refractivity contribution in [3.8, 4) is 89.5 Å². The van der Waals surface area contributed by atoms with Gasteiger partial charge in [0.1, 0.15) is 28.2 Å². The van der Waals surface area contributed by atoms with Gasteiger partial charge in [-0.3, -0.25) is 0 Å². The fourth-order valence-corrected chi connectivity index (χ4v) is 14.6. The first-order valence-electron chi connectivity index (χ1n) is 44.7. The minimum Gasteiger partial charge on any atom is -0.201 e. The van der Waals surface area contributed by atoms with E-state index in [9.17, 15) is 0 Å². The van der Waals surface area contributed by atoms with E-state index < -0.39 is 38.2 Å². The van der Waals surface area contributed by atoms with E-state index in [1.165, 1.54) is 89.3 Å². The fraction of sp³-hybridized carbons (Fsp3) is 0.346. The highest BCUT2D eigenvalue weighted by molar-refractivity contribution is 5.80. The molecule has 4 heteroatoms. The Morgan fingerprint density at radius 1 is 0.278 bits per heavy atom. The smallest absolute Gasteiger partial charge is 0.201 e. The van der Waals surface area contributed by atoms with Gasteiger partial charge in [0.15, 0.2) is 24.8 Å². The largest absolute Gasteiger partial charge is 0.212 e. The first-order valence-corrected chi connectivity index (χ1v) is 38.7. The topological polar surface area (TPSA) is 15.5 Å². The van der Waals surface area contributed by atoms with Crippen LogP contribution in [0.15, 0.2) is 219 Å². The number of pyridine rings is 4. The van der Waals surface area contributed by atoms with Crippen LogP contribution in [0, 0.1) is 105 Å². The Hall–Kier alpha value is -9.64. The molecule has 0 aliphatic heterocycles. The first-order chi connectivity index (χ1) is 55.9. The molecule has 0 amide bonds. The molecule has 0 N–H and O–H groups in total. The molecule has 0 unspecified atom stereocenters. The third kappa shape index (κ3) is 21.2. The van der Waals surface area contributed by atoms with Crippen LogP contribution in [0.4, 0.5) is 0 Å². The number of hydrogen-bond acceptors (Lipinski definition) is 0. The van der Waals surface area contributed by atoms with E-state index in [4.69, 9.17) is 16.4 Å². The monoisotopic (exact) mass is 1450 g/mol. The van der Waals surface area contributed by atoms with Gasteiger partial charge in [0.05, 0.1) is 0 Å². The molecular weight excluding hydrogens is 1310 g/mol. The molecule has 0 atom stereocenters. The minimum absolute atomic E-state index is 0.151. The van der Waals surface area contributed by atoms with Gasteiger partial charge in [-0.25, -0.2) is 18.3 Å². The summed E-state index contributed by atoms with van der Waals surface area (Å²) >= 11 is 0. The van der Waals surface area contributed by atoms with Crippen LogP contribution >= 0.6 is 0 Å². The zero-order valence-corrected chi connectivity index (χ0v) is 69.3. The van der Waals surface area contributed by atoms with Gasteiger partial charge in [-0.05, 0) is 273 Å². The molecule has 0 saturated heterocycles. The van der Waals surface area contributed by atoms with Crippen LogP contribution in [-0.4, -0.2) is 0 Å². The lowest BCUT2D eigenvalue weighted by molar-refractivity contribution is -0.661. The Kier molecular flexibility index (Phi) is 22.5. The molecule has 4 aromatic heterocycles. The molecule has 0 saturated carbocycles. The van der Waals surface area contributed by atoms with Crippen LogP contribution in [0.3, 0.4) is 0 Å². The van der Waals surface area contributed by atoms with E-state index in [1.54, 1.807) is 38.2 Å². The van der Waals surface area contributed by atoms with Crippen LogP contribution in [-0.2, 0) is 60.2 Å². The van der Waals surface area contributed by atoms with E-state index in [0.717, 1.165) is 57.5 Å². The summed E-state index contributed by atoms with van der Waals surface area (Å²) in [6, 6.07) is 65.5. The Labute approximate surface area is 670 Å². The lowest BCUT2D eigenvalue weighted by atomic mass is 9.84.